The van der Waals surface area contributed by atoms with Crippen LogP contribution in [-0.2, 0) is 0 Å². The van der Waals surface area contributed by atoms with Crippen molar-refractivity contribution in [2.75, 3.05) is 12.4 Å². The van der Waals surface area contributed by atoms with Crippen molar-refractivity contribution in [1.29, 1.82) is 0 Å². The number of hydrogen-bond acceptors (Lipinski definition) is 5. The van der Waals surface area contributed by atoms with E-state index < -0.39 is 10.8 Å². The van der Waals surface area contributed by atoms with Gasteiger partial charge in [-0.05, 0) is 42.7 Å². The van der Waals surface area contributed by atoms with Gasteiger partial charge in [0.15, 0.2) is 0 Å². The van der Waals surface area contributed by atoms with Gasteiger partial charge in [-0.25, -0.2) is 5.43 Å². The minimum atomic E-state index is -0.506. The van der Waals surface area contributed by atoms with Crippen molar-refractivity contribution >= 4 is 23.0 Å². The van der Waals surface area contributed by atoms with Gasteiger partial charge >= 0.3 is 0 Å². The molecule has 7 heteroatoms. The second kappa shape index (κ2) is 5.82. The number of anilines is 1. The van der Waals surface area contributed by atoms with Crippen LogP contribution in [-0.4, -0.2) is 23.6 Å². The molecule has 0 spiro atoms. The van der Waals surface area contributed by atoms with Crippen LogP contribution in [0.2, 0.25) is 0 Å². The van der Waals surface area contributed by atoms with Crippen LogP contribution in [0.25, 0.3) is 0 Å². The lowest BCUT2D eigenvalue weighted by atomic mass is 9.70. The number of benzene rings is 1. The highest BCUT2D eigenvalue weighted by molar-refractivity contribution is 5.98. The van der Waals surface area contributed by atoms with Crippen LogP contribution in [0.15, 0.2) is 23.3 Å². The lowest BCUT2D eigenvalue weighted by molar-refractivity contribution is -0.384. The van der Waals surface area contributed by atoms with Gasteiger partial charge in [0.1, 0.15) is 5.69 Å². The number of nitro groups is 1. The molecule has 2 bridgehead atoms. The zero-order valence-corrected chi connectivity index (χ0v) is 15.0. The lowest BCUT2D eigenvalue weighted by Crippen LogP contribution is -2.34. The Balaban J connectivity index is 1.80. The molecule has 2 aliphatic rings. The molecule has 25 heavy (non-hydrogen) atoms. The Bertz CT molecular complexity index is 772. The number of hydrazone groups is 1. The van der Waals surface area contributed by atoms with E-state index in [0.29, 0.717) is 11.6 Å². The van der Waals surface area contributed by atoms with E-state index in [0.717, 1.165) is 18.6 Å². The largest absolute Gasteiger partial charge is 0.383 e. The van der Waals surface area contributed by atoms with Crippen molar-refractivity contribution in [3.05, 3.63) is 33.9 Å². The van der Waals surface area contributed by atoms with E-state index >= 15 is 0 Å². The molecule has 1 aromatic carbocycles. The summed E-state index contributed by atoms with van der Waals surface area (Å²) in [6.45, 7) is 6.77. The normalized spacial score (nSPS) is 28.2. The third-order valence-electron chi connectivity index (χ3n) is 6.53. The summed E-state index contributed by atoms with van der Waals surface area (Å²) in [5.41, 5.74) is 4.29. The number of rotatable bonds is 4. The van der Waals surface area contributed by atoms with Gasteiger partial charge in [-0.15, -0.1) is 0 Å². The number of nitro benzene ring substituents is 1. The van der Waals surface area contributed by atoms with Gasteiger partial charge in [-0.3, -0.25) is 14.9 Å². The van der Waals surface area contributed by atoms with E-state index in [-0.39, 0.29) is 22.1 Å². The van der Waals surface area contributed by atoms with Crippen molar-refractivity contribution in [3.63, 3.8) is 0 Å². The van der Waals surface area contributed by atoms with Gasteiger partial charge in [0.2, 0.25) is 0 Å². The van der Waals surface area contributed by atoms with Gasteiger partial charge in [-0.1, -0.05) is 20.8 Å². The number of hydrogen-bond donors (Lipinski definition) is 2. The maximum Gasteiger partial charge on any atom is 0.293 e. The molecule has 2 fully saturated rings. The van der Waals surface area contributed by atoms with Crippen molar-refractivity contribution < 1.29 is 9.72 Å². The summed E-state index contributed by atoms with van der Waals surface area (Å²) < 4.78 is 0. The molecule has 2 N–H and O–H groups in total. The Hall–Kier alpha value is -2.44. The highest BCUT2D eigenvalue weighted by Gasteiger charge is 2.60. The first-order valence-corrected chi connectivity index (χ1v) is 8.54. The zero-order chi connectivity index (χ0) is 18.4. The quantitative estimate of drug-likeness (QED) is 0.644. The Morgan fingerprint density at radius 3 is 2.60 bits per heavy atom. The first-order chi connectivity index (χ1) is 11.7. The van der Waals surface area contributed by atoms with E-state index in [9.17, 15) is 14.9 Å². The van der Waals surface area contributed by atoms with Crippen molar-refractivity contribution in [3.8, 4) is 0 Å². The van der Waals surface area contributed by atoms with Gasteiger partial charge in [0.25, 0.3) is 11.6 Å². The van der Waals surface area contributed by atoms with Gasteiger partial charge in [0, 0.05) is 29.8 Å². The van der Waals surface area contributed by atoms with Crippen molar-refractivity contribution in [1.82, 2.24) is 5.43 Å². The van der Waals surface area contributed by atoms with Crippen LogP contribution in [0.5, 0.6) is 0 Å². The van der Waals surface area contributed by atoms with E-state index in [1.165, 1.54) is 18.6 Å². The molecule has 2 atom stereocenters. The van der Waals surface area contributed by atoms with Crippen molar-refractivity contribution in [2.24, 2.45) is 21.8 Å². The summed E-state index contributed by atoms with van der Waals surface area (Å²) >= 11 is 0. The van der Waals surface area contributed by atoms with Crippen LogP contribution in [0.1, 0.15) is 50.4 Å². The maximum atomic E-state index is 12.4. The third kappa shape index (κ3) is 2.58. The molecule has 7 nitrogen and oxygen atoms in total. The lowest BCUT2D eigenvalue weighted by Gasteiger charge is -2.34. The average molecular weight is 344 g/mol. The first kappa shape index (κ1) is 17.4. The van der Waals surface area contributed by atoms with Crippen LogP contribution in [0.3, 0.4) is 0 Å². The Kier molecular flexibility index (Phi) is 4.05. The summed E-state index contributed by atoms with van der Waals surface area (Å²) in [5.74, 6) is 0.173. The fourth-order valence-electron chi connectivity index (χ4n) is 4.32. The standard InChI is InChI=1S/C18H24N4O3/c1-17(2)12-7-8-18(17,3)15(10-12)20-21-16(23)11-5-6-13(19-4)14(9-11)22(24)25/h5-6,9,12,19H,7-8,10H2,1-4H3,(H,21,23)/b20-15-/t12-,18+/m1/s1. The van der Waals surface area contributed by atoms with Gasteiger partial charge < -0.3 is 5.32 Å². The molecule has 0 unspecified atom stereocenters. The third-order valence-corrected chi connectivity index (χ3v) is 6.53. The fraction of sp³-hybridized carbons (Fsp3) is 0.556. The van der Waals surface area contributed by atoms with E-state index in [4.69, 9.17) is 0 Å². The molecular weight excluding hydrogens is 320 g/mol. The molecule has 1 aromatic rings. The molecule has 1 amide bonds. The fourth-order valence-corrected chi connectivity index (χ4v) is 4.32. The molecule has 2 aliphatic carbocycles. The second-order valence-corrected chi connectivity index (χ2v) is 7.73. The molecule has 0 aliphatic heterocycles. The van der Waals surface area contributed by atoms with Gasteiger partial charge in [-0.2, -0.15) is 5.10 Å². The number of nitrogens with one attached hydrogen (secondary N) is 2. The highest BCUT2D eigenvalue weighted by Crippen LogP contribution is 2.63. The summed E-state index contributed by atoms with van der Waals surface area (Å²) in [7, 11) is 1.60. The van der Waals surface area contributed by atoms with Crippen LogP contribution in [0, 0.1) is 26.9 Å². The summed E-state index contributed by atoms with van der Waals surface area (Å²) in [5, 5.41) is 18.3. The van der Waals surface area contributed by atoms with E-state index in [1.807, 2.05) is 0 Å². The molecule has 134 valence electrons. The highest BCUT2D eigenvalue weighted by atomic mass is 16.6. The number of fused-ring (bicyclic) bond motifs is 2. The minimum absolute atomic E-state index is 0.00688. The Morgan fingerprint density at radius 2 is 2.08 bits per heavy atom. The maximum absolute atomic E-state index is 12.4. The van der Waals surface area contributed by atoms with Crippen LogP contribution < -0.4 is 10.7 Å². The monoisotopic (exact) mass is 344 g/mol. The summed E-state index contributed by atoms with van der Waals surface area (Å²) in [4.78, 5) is 23.0. The molecule has 0 heterocycles. The zero-order valence-electron chi connectivity index (χ0n) is 15.0. The Morgan fingerprint density at radius 1 is 1.36 bits per heavy atom. The van der Waals surface area contributed by atoms with E-state index in [2.05, 4.69) is 36.6 Å². The predicted octanol–water partition coefficient (Wildman–Crippen LogP) is 3.57. The molecule has 0 saturated heterocycles. The van der Waals surface area contributed by atoms with Crippen LogP contribution >= 0.6 is 0 Å². The molecule has 3 rings (SSSR count). The SMILES string of the molecule is CNc1ccc(C(=O)N/N=C2/C[C@H]3CC[C@]2(C)C3(C)C)cc1[N+](=O)[O-]. The smallest absolute Gasteiger partial charge is 0.293 e. The van der Waals surface area contributed by atoms with Crippen molar-refractivity contribution in [2.45, 2.75) is 40.0 Å². The predicted molar refractivity (Wildman–Crippen MR) is 96.8 cm³/mol. The molecule has 0 radical (unpaired) electrons. The molecular formula is C18H24N4O3. The minimum Gasteiger partial charge on any atom is -0.383 e. The number of carbonyl (C=O) groups is 1. The van der Waals surface area contributed by atoms with E-state index in [1.54, 1.807) is 13.1 Å². The first-order valence-electron chi connectivity index (χ1n) is 8.54. The summed E-state index contributed by atoms with van der Waals surface area (Å²) in [6.07, 6.45) is 3.19. The number of amides is 1. The average Bonchev–Trinajstić information content (AvgIpc) is 2.92. The topological polar surface area (TPSA) is 96.6 Å². The molecule has 2 saturated carbocycles. The second-order valence-electron chi connectivity index (χ2n) is 7.73. The summed E-state index contributed by atoms with van der Waals surface area (Å²) in [6, 6.07) is 4.36. The van der Waals surface area contributed by atoms with Gasteiger partial charge in [0.05, 0.1) is 4.92 Å². The number of carbonyl (C=O) groups excluding carboxylic acids is 1. The Labute approximate surface area is 147 Å². The molecule has 0 aromatic heterocycles. The number of nitrogens with zero attached hydrogens (tertiary/aromatic N) is 2. The van der Waals surface area contributed by atoms with Crippen LogP contribution in [0.4, 0.5) is 11.4 Å².